The van der Waals surface area contributed by atoms with Crippen LogP contribution in [0.4, 0.5) is 4.79 Å². The molecule has 1 unspecified atom stereocenters. The van der Waals surface area contributed by atoms with Crippen LogP contribution < -0.4 is 5.32 Å². The average molecular weight is 467 g/mol. The molecule has 2 amide bonds. The summed E-state index contributed by atoms with van der Waals surface area (Å²) in [4.78, 5) is 37.5. The number of nitrogens with zero attached hydrogens (tertiary/aromatic N) is 1. The Balaban J connectivity index is 1.25. The number of aliphatic carboxylic acids is 1. The lowest BCUT2D eigenvalue weighted by Crippen LogP contribution is -2.49. The summed E-state index contributed by atoms with van der Waals surface area (Å²) in [5, 5.41) is 11.7. The van der Waals surface area contributed by atoms with Crippen LogP contribution in [0.3, 0.4) is 0 Å². The Kier molecular flexibility index (Phi) is 7.17. The standard InChI is InChI=1S/C26H30N2O6/c1-28(17-11-16(12-17)25(30)31)24(29)13-18(33-2)14-27-26(32)34-15-23-21-9-5-3-7-19(21)20-8-4-6-10-22(20)23/h3-10,16-18,23H,11-15H2,1-2H3,(H,27,32)(H,30,31). The van der Waals surface area contributed by atoms with Gasteiger partial charge in [-0.1, -0.05) is 48.5 Å². The second-order valence-corrected chi connectivity index (χ2v) is 8.93. The summed E-state index contributed by atoms with van der Waals surface area (Å²) in [6.45, 7) is 0.348. The summed E-state index contributed by atoms with van der Waals surface area (Å²) in [5.41, 5.74) is 4.60. The molecule has 0 aromatic heterocycles. The van der Waals surface area contributed by atoms with E-state index in [2.05, 4.69) is 29.6 Å². The highest BCUT2D eigenvalue weighted by molar-refractivity contribution is 5.79. The molecule has 1 atom stereocenters. The van der Waals surface area contributed by atoms with Crippen LogP contribution in [0.25, 0.3) is 11.1 Å². The van der Waals surface area contributed by atoms with Gasteiger partial charge in [-0.05, 0) is 35.1 Å². The van der Waals surface area contributed by atoms with E-state index in [-0.39, 0.29) is 43.4 Å². The molecular formula is C26H30N2O6. The van der Waals surface area contributed by atoms with Crippen molar-refractivity contribution < 1.29 is 29.0 Å². The van der Waals surface area contributed by atoms with Crippen molar-refractivity contribution in [2.75, 3.05) is 27.3 Å². The number of carbonyl (C=O) groups excluding carboxylic acids is 2. The van der Waals surface area contributed by atoms with Crippen LogP contribution in [0, 0.1) is 5.92 Å². The van der Waals surface area contributed by atoms with Gasteiger partial charge in [0.2, 0.25) is 5.91 Å². The van der Waals surface area contributed by atoms with Gasteiger partial charge in [0.05, 0.1) is 18.4 Å². The Morgan fingerprint density at radius 1 is 1.06 bits per heavy atom. The molecule has 0 heterocycles. The molecule has 0 aliphatic heterocycles. The minimum atomic E-state index is -0.820. The van der Waals surface area contributed by atoms with Crippen molar-refractivity contribution >= 4 is 18.0 Å². The number of nitrogens with one attached hydrogen (secondary N) is 1. The van der Waals surface area contributed by atoms with Crippen LogP contribution in [0.5, 0.6) is 0 Å². The molecule has 2 aliphatic carbocycles. The first-order chi connectivity index (χ1) is 16.4. The maximum Gasteiger partial charge on any atom is 0.407 e. The normalized spacial score (nSPS) is 19.4. The molecule has 0 bridgehead atoms. The van der Waals surface area contributed by atoms with E-state index in [9.17, 15) is 14.4 Å². The second kappa shape index (κ2) is 10.3. The zero-order valence-electron chi connectivity index (χ0n) is 19.4. The number of alkyl carbamates (subject to hydrolysis) is 1. The maximum atomic E-state index is 12.6. The topological polar surface area (TPSA) is 105 Å². The molecule has 0 radical (unpaired) electrons. The highest BCUT2D eigenvalue weighted by atomic mass is 16.5. The van der Waals surface area contributed by atoms with E-state index in [1.165, 1.54) is 7.11 Å². The SMILES string of the molecule is COC(CNC(=O)OCC1c2ccccc2-c2ccccc21)CC(=O)N(C)C1CC(C(=O)O)C1. The highest BCUT2D eigenvalue weighted by Gasteiger charge is 2.38. The minimum absolute atomic E-state index is 0.0243. The molecule has 2 aliphatic rings. The van der Waals surface area contributed by atoms with Crippen molar-refractivity contribution in [1.82, 2.24) is 10.2 Å². The summed E-state index contributed by atoms with van der Waals surface area (Å²) >= 11 is 0. The fourth-order valence-electron chi connectivity index (χ4n) is 4.73. The fourth-order valence-corrected chi connectivity index (χ4v) is 4.73. The monoisotopic (exact) mass is 466 g/mol. The number of carbonyl (C=O) groups is 3. The number of ether oxygens (including phenoxy) is 2. The van der Waals surface area contributed by atoms with E-state index in [1.54, 1.807) is 11.9 Å². The molecule has 2 N–H and O–H groups in total. The minimum Gasteiger partial charge on any atom is -0.481 e. The summed E-state index contributed by atoms with van der Waals surface area (Å²) < 4.78 is 10.9. The van der Waals surface area contributed by atoms with E-state index >= 15 is 0 Å². The van der Waals surface area contributed by atoms with Gasteiger partial charge in [0.15, 0.2) is 0 Å². The third-order valence-corrected chi connectivity index (χ3v) is 6.96. The number of methoxy groups -OCH3 is 1. The summed E-state index contributed by atoms with van der Waals surface area (Å²) in [5.74, 6) is -1.37. The molecule has 4 rings (SSSR count). The Morgan fingerprint density at radius 2 is 1.65 bits per heavy atom. The van der Waals surface area contributed by atoms with E-state index in [0.717, 1.165) is 22.3 Å². The zero-order chi connectivity index (χ0) is 24.2. The molecule has 0 saturated heterocycles. The summed E-state index contributed by atoms with van der Waals surface area (Å²) in [7, 11) is 3.16. The predicted octanol–water partition coefficient (Wildman–Crippen LogP) is 3.25. The number of carboxylic acid groups (broad SMARTS) is 1. The fraction of sp³-hybridized carbons (Fsp3) is 0.423. The average Bonchev–Trinajstić information content (AvgIpc) is 3.12. The first-order valence-electron chi connectivity index (χ1n) is 11.5. The lowest BCUT2D eigenvalue weighted by molar-refractivity contribution is -0.150. The van der Waals surface area contributed by atoms with E-state index in [0.29, 0.717) is 12.8 Å². The van der Waals surface area contributed by atoms with Crippen molar-refractivity contribution in [2.24, 2.45) is 5.92 Å². The Hall–Kier alpha value is -3.39. The Morgan fingerprint density at radius 3 is 2.21 bits per heavy atom. The molecule has 34 heavy (non-hydrogen) atoms. The number of rotatable bonds is 9. The van der Waals surface area contributed by atoms with Crippen molar-refractivity contribution in [1.29, 1.82) is 0 Å². The van der Waals surface area contributed by atoms with Gasteiger partial charge in [-0.15, -0.1) is 0 Å². The molecule has 8 heteroatoms. The van der Waals surface area contributed by atoms with Crippen LogP contribution in [-0.4, -0.2) is 67.4 Å². The Labute approximate surface area is 198 Å². The van der Waals surface area contributed by atoms with Gasteiger partial charge in [-0.3, -0.25) is 9.59 Å². The number of hydrogen-bond acceptors (Lipinski definition) is 5. The third-order valence-electron chi connectivity index (χ3n) is 6.96. The van der Waals surface area contributed by atoms with Gasteiger partial charge in [-0.25, -0.2) is 4.79 Å². The van der Waals surface area contributed by atoms with Crippen LogP contribution in [0.1, 0.15) is 36.3 Å². The van der Waals surface area contributed by atoms with Crippen LogP contribution >= 0.6 is 0 Å². The number of amides is 2. The number of hydrogen-bond donors (Lipinski definition) is 2. The maximum absolute atomic E-state index is 12.6. The van der Waals surface area contributed by atoms with E-state index in [4.69, 9.17) is 14.6 Å². The van der Waals surface area contributed by atoms with Gasteiger partial charge in [-0.2, -0.15) is 0 Å². The lowest BCUT2D eigenvalue weighted by atomic mass is 9.79. The highest BCUT2D eigenvalue weighted by Crippen LogP contribution is 2.44. The van der Waals surface area contributed by atoms with Gasteiger partial charge in [0, 0.05) is 32.7 Å². The number of fused-ring (bicyclic) bond motifs is 3. The number of benzene rings is 2. The largest absolute Gasteiger partial charge is 0.481 e. The molecule has 2 aromatic carbocycles. The molecule has 180 valence electrons. The summed E-state index contributed by atoms with van der Waals surface area (Å²) in [6, 6.07) is 16.2. The van der Waals surface area contributed by atoms with Gasteiger partial charge in [0.1, 0.15) is 6.61 Å². The Bertz CT molecular complexity index is 1020. The molecular weight excluding hydrogens is 436 g/mol. The molecule has 8 nitrogen and oxygen atoms in total. The van der Waals surface area contributed by atoms with Gasteiger partial charge in [0.25, 0.3) is 0 Å². The quantitative estimate of drug-likeness (QED) is 0.588. The number of carboxylic acids is 1. The predicted molar refractivity (Wildman–Crippen MR) is 125 cm³/mol. The van der Waals surface area contributed by atoms with Crippen molar-refractivity contribution in [3.05, 3.63) is 59.7 Å². The van der Waals surface area contributed by atoms with Crippen molar-refractivity contribution in [2.45, 2.75) is 37.3 Å². The first-order valence-corrected chi connectivity index (χ1v) is 11.5. The molecule has 2 aromatic rings. The van der Waals surface area contributed by atoms with Crippen molar-refractivity contribution in [3.63, 3.8) is 0 Å². The zero-order valence-corrected chi connectivity index (χ0v) is 19.4. The summed E-state index contributed by atoms with van der Waals surface area (Å²) in [6.07, 6.45) is -0.0514. The van der Waals surface area contributed by atoms with Crippen LogP contribution in [0.15, 0.2) is 48.5 Å². The molecule has 0 spiro atoms. The van der Waals surface area contributed by atoms with Gasteiger partial charge < -0.3 is 24.8 Å². The third kappa shape index (κ3) is 4.92. The molecule has 1 saturated carbocycles. The van der Waals surface area contributed by atoms with Crippen LogP contribution in [-0.2, 0) is 19.1 Å². The molecule has 1 fully saturated rings. The smallest absolute Gasteiger partial charge is 0.407 e. The second-order valence-electron chi connectivity index (χ2n) is 8.93. The lowest BCUT2D eigenvalue weighted by Gasteiger charge is -2.39. The van der Waals surface area contributed by atoms with Crippen molar-refractivity contribution in [3.8, 4) is 11.1 Å². The van der Waals surface area contributed by atoms with Crippen LogP contribution in [0.2, 0.25) is 0 Å². The van der Waals surface area contributed by atoms with E-state index < -0.39 is 18.2 Å². The van der Waals surface area contributed by atoms with E-state index in [1.807, 2.05) is 24.3 Å². The van der Waals surface area contributed by atoms with Gasteiger partial charge >= 0.3 is 12.1 Å². The first kappa shape index (κ1) is 23.8.